The van der Waals surface area contributed by atoms with Gasteiger partial charge in [-0.25, -0.2) is 4.98 Å². The number of carbonyl (C=O) groups excluding carboxylic acids is 1. The van der Waals surface area contributed by atoms with Gasteiger partial charge >= 0.3 is 6.18 Å². The normalized spacial score (nSPS) is 12.6. The number of alkyl halides is 3. The van der Waals surface area contributed by atoms with Gasteiger partial charge in [-0.2, -0.15) is 13.2 Å². The highest BCUT2D eigenvalue weighted by Crippen LogP contribution is 2.20. The first kappa shape index (κ1) is 18.6. The van der Waals surface area contributed by atoms with Crippen molar-refractivity contribution in [3.63, 3.8) is 0 Å². The molecule has 0 aliphatic heterocycles. The van der Waals surface area contributed by atoms with Crippen LogP contribution < -0.4 is 10.1 Å². The third kappa shape index (κ3) is 4.72. The Morgan fingerprint density at radius 1 is 1.15 bits per heavy atom. The van der Waals surface area contributed by atoms with Crippen LogP contribution in [0.2, 0.25) is 0 Å². The Bertz CT molecular complexity index is 938. The number of ether oxygens (including phenoxy) is 1. The SMILES string of the molecule is CC(NC(=O)c1cccc2cccnc12)c1ccc(OCC(F)(F)F)nc1. The average molecular weight is 375 g/mol. The van der Waals surface area contributed by atoms with Gasteiger partial charge in [0.25, 0.3) is 5.91 Å². The lowest BCUT2D eigenvalue weighted by Crippen LogP contribution is -2.27. The highest BCUT2D eigenvalue weighted by atomic mass is 19.4. The molecule has 5 nitrogen and oxygen atoms in total. The molecule has 1 aromatic carbocycles. The van der Waals surface area contributed by atoms with E-state index in [4.69, 9.17) is 0 Å². The molecule has 8 heteroatoms. The van der Waals surface area contributed by atoms with Gasteiger partial charge in [-0.1, -0.05) is 24.3 Å². The molecule has 3 aromatic rings. The highest BCUT2D eigenvalue weighted by molar-refractivity contribution is 6.05. The van der Waals surface area contributed by atoms with Crippen LogP contribution in [-0.2, 0) is 0 Å². The molecule has 0 saturated heterocycles. The van der Waals surface area contributed by atoms with Gasteiger partial charge in [0.2, 0.25) is 5.88 Å². The van der Waals surface area contributed by atoms with E-state index in [0.717, 1.165) is 5.39 Å². The van der Waals surface area contributed by atoms with Crippen LogP contribution in [0.25, 0.3) is 10.9 Å². The molecule has 0 bridgehead atoms. The zero-order valence-corrected chi connectivity index (χ0v) is 14.3. The molecule has 2 heterocycles. The third-order valence-electron chi connectivity index (χ3n) is 3.87. The van der Waals surface area contributed by atoms with Crippen LogP contribution in [0.1, 0.15) is 28.9 Å². The Hall–Kier alpha value is -3.16. The molecule has 27 heavy (non-hydrogen) atoms. The fraction of sp³-hybridized carbons (Fsp3) is 0.211. The van der Waals surface area contributed by atoms with Crippen molar-refractivity contribution in [2.24, 2.45) is 0 Å². The lowest BCUT2D eigenvalue weighted by molar-refractivity contribution is -0.154. The minimum absolute atomic E-state index is 0.132. The molecule has 1 atom stereocenters. The molecule has 0 fully saturated rings. The molecule has 0 aliphatic rings. The van der Waals surface area contributed by atoms with Gasteiger partial charge in [-0.05, 0) is 24.6 Å². The van der Waals surface area contributed by atoms with Gasteiger partial charge in [0.15, 0.2) is 6.61 Å². The van der Waals surface area contributed by atoms with Gasteiger partial charge < -0.3 is 10.1 Å². The van der Waals surface area contributed by atoms with Crippen molar-refractivity contribution in [1.82, 2.24) is 15.3 Å². The van der Waals surface area contributed by atoms with Crippen molar-refractivity contribution in [3.05, 3.63) is 66.0 Å². The number of carbonyl (C=O) groups is 1. The molecular formula is C19H16F3N3O2. The lowest BCUT2D eigenvalue weighted by atomic mass is 10.1. The van der Waals surface area contributed by atoms with E-state index in [0.29, 0.717) is 16.6 Å². The number of aromatic nitrogens is 2. The topological polar surface area (TPSA) is 64.1 Å². The number of benzene rings is 1. The van der Waals surface area contributed by atoms with Crippen molar-refractivity contribution in [2.45, 2.75) is 19.1 Å². The summed E-state index contributed by atoms with van der Waals surface area (Å²) in [6.45, 7) is 0.351. The summed E-state index contributed by atoms with van der Waals surface area (Å²) in [5.41, 5.74) is 1.67. The number of amides is 1. The van der Waals surface area contributed by atoms with Gasteiger partial charge in [0, 0.05) is 23.8 Å². The summed E-state index contributed by atoms with van der Waals surface area (Å²) in [4.78, 5) is 20.7. The maximum atomic E-state index is 12.6. The monoisotopic (exact) mass is 375 g/mol. The van der Waals surface area contributed by atoms with Crippen molar-refractivity contribution in [1.29, 1.82) is 0 Å². The molecule has 3 rings (SSSR count). The number of nitrogens with one attached hydrogen (secondary N) is 1. The van der Waals surface area contributed by atoms with E-state index in [2.05, 4.69) is 20.0 Å². The predicted octanol–water partition coefficient (Wildman–Crippen LogP) is 4.06. The second kappa shape index (κ2) is 7.61. The number of nitrogens with zero attached hydrogens (tertiary/aromatic N) is 2. The van der Waals surface area contributed by atoms with Crippen LogP contribution in [0.15, 0.2) is 54.9 Å². The van der Waals surface area contributed by atoms with E-state index in [-0.39, 0.29) is 11.8 Å². The van der Waals surface area contributed by atoms with Crippen LogP contribution in [0.4, 0.5) is 13.2 Å². The Morgan fingerprint density at radius 3 is 2.63 bits per heavy atom. The molecule has 2 aromatic heterocycles. The summed E-state index contributed by atoms with van der Waals surface area (Å²) in [6, 6.07) is 11.5. The number of hydrogen-bond acceptors (Lipinski definition) is 4. The average Bonchev–Trinajstić information content (AvgIpc) is 2.65. The number of rotatable bonds is 5. The second-order valence-electron chi connectivity index (χ2n) is 5.91. The fourth-order valence-corrected chi connectivity index (χ4v) is 2.53. The summed E-state index contributed by atoms with van der Waals surface area (Å²) in [6.07, 6.45) is -1.43. The lowest BCUT2D eigenvalue weighted by Gasteiger charge is -2.15. The van der Waals surface area contributed by atoms with Crippen molar-refractivity contribution >= 4 is 16.8 Å². The second-order valence-corrected chi connectivity index (χ2v) is 5.91. The van der Waals surface area contributed by atoms with E-state index in [1.807, 2.05) is 12.1 Å². The van der Waals surface area contributed by atoms with Gasteiger partial charge in [-0.15, -0.1) is 0 Å². The zero-order chi connectivity index (χ0) is 19.4. The molecule has 0 aliphatic carbocycles. The smallest absolute Gasteiger partial charge is 0.422 e. The first-order valence-corrected chi connectivity index (χ1v) is 8.13. The first-order valence-electron chi connectivity index (χ1n) is 8.13. The van der Waals surface area contributed by atoms with Gasteiger partial charge in [0.05, 0.1) is 17.1 Å². The van der Waals surface area contributed by atoms with Crippen LogP contribution in [0.5, 0.6) is 5.88 Å². The molecule has 140 valence electrons. The molecule has 1 unspecified atom stereocenters. The predicted molar refractivity (Wildman–Crippen MR) is 93.4 cm³/mol. The van der Waals surface area contributed by atoms with E-state index < -0.39 is 18.8 Å². The Labute approximate surface area is 153 Å². The summed E-state index contributed by atoms with van der Waals surface area (Å²) >= 11 is 0. The molecular weight excluding hydrogens is 359 g/mol. The van der Waals surface area contributed by atoms with Gasteiger partial charge in [0.1, 0.15) is 0 Å². The van der Waals surface area contributed by atoms with Crippen molar-refractivity contribution in [2.75, 3.05) is 6.61 Å². The fourth-order valence-electron chi connectivity index (χ4n) is 2.53. The number of pyridine rings is 2. The number of hydrogen-bond donors (Lipinski definition) is 1. The highest BCUT2D eigenvalue weighted by Gasteiger charge is 2.28. The number of fused-ring (bicyclic) bond motifs is 1. The maximum absolute atomic E-state index is 12.6. The van der Waals surface area contributed by atoms with Crippen LogP contribution >= 0.6 is 0 Å². The van der Waals surface area contributed by atoms with Crippen LogP contribution in [0, 0.1) is 0 Å². The molecule has 0 saturated carbocycles. The summed E-state index contributed by atoms with van der Waals surface area (Å²) in [5, 5.41) is 3.69. The number of halogens is 3. The molecule has 0 radical (unpaired) electrons. The van der Waals surface area contributed by atoms with Gasteiger partial charge in [-0.3, -0.25) is 9.78 Å². The third-order valence-corrected chi connectivity index (χ3v) is 3.87. The summed E-state index contributed by atoms with van der Waals surface area (Å²) < 4.78 is 41.0. The summed E-state index contributed by atoms with van der Waals surface area (Å²) in [5.74, 6) is -0.433. The van der Waals surface area contributed by atoms with E-state index in [9.17, 15) is 18.0 Å². The minimum Gasteiger partial charge on any atom is -0.468 e. The first-order chi connectivity index (χ1) is 12.8. The van der Waals surface area contributed by atoms with E-state index in [1.165, 1.54) is 12.3 Å². The largest absolute Gasteiger partial charge is 0.468 e. The Balaban J connectivity index is 1.69. The van der Waals surface area contributed by atoms with Crippen molar-refractivity contribution < 1.29 is 22.7 Å². The number of para-hydroxylation sites is 1. The quantitative estimate of drug-likeness (QED) is 0.730. The van der Waals surface area contributed by atoms with E-state index >= 15 is 0 Å². The van der Waals surface area contributed by atoms with Crippen molar-refractivity contribution in [3.8, 4) is 5.88 Å². The Kier molecular flexibility index (Phi) is 5.25. The minimum atomic E-state index is -4.42. The van der Waals surface area contributed by atoms with Crippen LogP contribution in [0.3, 0.4) is 0 Å². The molecule has 1 N–H and O–H groups in total. The zero-order valence-electron chi connectivity index (χ0n) is 14.3. The molecule has 0 spiro atoms. The Morgan fingerprint density at radius 2 is 1.93 bits per heavy atom. The summed E-state index contributed by atoms with van der Waals surface area (Å²) in [7, 11) is 0. The van der Waals surface area contributed by atoms with Crippen LogP contribution in [-0.4, -0.2) is 28.7 Å². The maximum Gasteiger partial charge on any atom is 0.422 e. The standard InChI is InChI=1S/C19H16F3N3O2/c1-12(14-7-8-16(24-10-14)27-11-19(20,21)22)25-18(26)15-6-2-4-13-5-3-9-23-17(13)15/h2-10,12H,11H2,1H3,(H,25,26). The molecule has 1 amide bonds. The van der Waals surface area contributed by atoms with E-state index in [1.54, 1.807) is 37.4 Å².